The van der Waals surface area contributed by atoms with Gasteiger partial charge in [0.05, 0.1) is 12.4 Å². The van der Waals surface area contributed by atoms with Crippen molar-refractivity contribution in [3.8, 4) is 0 Å². The first kappa shape index (κ1) is 17.4. The van der Waals surface area contributed by atoms with Crippen LogP contribution in [0, 0.1) is 0 Å². The highest BCUT2D eigenvalue weighted by Gasteiger charge is 2.17. The number of nitrogens with one attached hydrogen (secondary N) is 1. The van der Waals surface area contributed by atoms with E-state index in [4.69, 9.17) is 0 Å². The maximum atomic E-state index is 11.6. The van der Waals surface area contributed by atoms with E-state index in [9.17, 15) is 13.2 Å². The van der Waals surface area contributed by atoms with Crippen molar-refractivity contribution in [2.75, 3.05) is 24.7 Å². The molecule has 0 aromatic heterocycles. The molecule has 1 unspecified atom stereocenters. The fourth-order valence-electron chi connectivity index (χ4n) is 1.74. The molecule has 0 rings (SSSR count). The molecule has 0 saturated carbocycles. The summed E-state index contributed by atoms with van der Waals surface area (Å²) in [5.41, 5.74) is 0. The molecular formula is C12H25NO4S. The fourth-order valence-corrected chi connectivity index (χ4v) is 2.94. The van der Waals surface area contributed by atoms with E-state index in [1.165, 1.54) is 0 Å². The monoisotopic (exact) mass is 279 g/mol. The molecule has 0 amide bonds. The van der Waals surface area contributed by atoms with Crippen LogP contribution >= 0.6 is 0 Å². The molecule has 0 heterocycles. The normalized spacial score (nSPS) is 13.3. The zero-order chi connectivity index (χ0) is 14.0. The number of carbonyl (C=O) groups excluding carboxylic acids is 1. The van der Waals surface area contributed by atoms with Crippen LogP contribution in [0.1, 0.15) is 40.0 Å². The number of rotatable bonds is 10. The van der Waals surface area contributed by atoms with E-state index in [-0.39, 0.29) is 12.4 Å². The first-order chi connectivity index (χ1) is 8.45. The van der Waals surface area contributed by atoms with Gasteiger partial charge in [0.25, 0.3) is 0 Å². The molecule has 0 aliphatic heterocycles. The second-order valence-electron chi connectivity index (χ2n) is 4.20. The summed E-state index contributed by atoms with van der Waals surface area (Å²) in [5.74, 6) is -1.11. The van der Waals surface area contributed by atoms with Crippen LogP contribution < -0.4 is 5.32 Å². The fraction of sp³-hybridized carbons (Fsp3) is 0.917. The van der Waals surface area contributed by atoms with E-state index in [2.05, 4.69) is 17.0 Å². The van der Waals surface area contributed by atoms with E-state index in [1.54, 1.807) is 6.92 Å². The van der Waals surface area contributed by atoms with Gasteiger partial charge < -0.3 is 10.1 Å². The standard InChI is InChI=1S/C12H25NO4S/c1-4-11(13-5-2)8-7-9-18(15,16)10-12(14)17-6-3/h11,13H,4-10H2,1-3H3. The Hall–Kier alpha value is -0.620. The van der Waals surface area contributed by atoms with Gasteiger partial charge in [0.2, 0.25) is 0 Å². The van der Waals surface area contributed by atoms with Crippen molar-refractivity contribution in [3.05, 3.63) is 0 Å². The van der Waals surface area contributed by atoms with E-state index in [0.717, 1.165) is 19.4 Å². The molecule has 0 spiro atoms. The molecule has 0 aliphatic rings. The highest BCUT2D eigenvalue weighted by molar-refractivity contribution is 7.92. The molecule has 18 heavy (non-hydrogen) atoms. The molecule has 6 heteroatoms. The van der Waals surface area contributed by atoms with Gasteiger partial charge in [-0.15, -0.1) is 0 Å². The first-order valence-electron chi connectivity index (χ1n) is 6.54. The van der Waals surface area contributed by atoms with Gasteiger partial charge in [-0.25, -0.2) is 8.42 Å². The zero-order valence-corrected chi connectivity index (χ0v) is 12.4. The summed E-state index contributed by atoms with van der Waals surface area (Å²) >= 11 is 0. The van der Waals surface area contributed by atoms with Crippen LogP contribution in [-0.2, 0) is 19.4 Å². The number of sulfone groups is 1. The Balaban J connectivity index is 3.99. The van der Waals surface area contributed by atoms with Gasteiger partial charge in [-0.2, -0.15) is 0 Å². The highest BCUT2D eigenvalue weighted by atomic mass is 32.2. The number of carbonyl (C=O) groups is 1. The molecule has 0 aromatic rings. The van der Waals surface area contributed by atoms with Crippen LogP contribution in [0.2, 0.25) is 0 Å². The third kappa shape index (κ3) is 8.47. The maximum absolute atomic E-state index is 11.6. The highest BCUT2D eigenvalue weighted by Crippen LogP contribution is 2.05. The topological polar surface area (TPSA) is 72.5 Å². The van der Waals surface area contributed by atoms with Crippen molar-refractivity contribution in [1.29, 1.82) is 0 Å². The Bertz CT molecular complexity index is 327. The predicted molar refractivity (Wildman–Crippen MR) is 72.3 cm³/mol. The summed E-state index contributed by atoms with van der Waals surface area (Å²) in [5, 5.41) is 3.29. The first-order valence-corrected chi connectivity index (χ1v) is 8.36. The molecule has 0 bridgehead atoms. The van der Waals surface area contributed by atoms with Crippen molar-refractivity contribution in [2.45, 2.75) is 46.1 Å². The smallest absolute Gasteiger partial charge is 0.321 e. The average molecular weight is 279 g/mol. The summed E-state index contributed by atoms with van der Waals surface area (Å²) in [6, 6.07) is 0.354. The summed E-state index contributed by atoms with van der Waals surface area (Å²) in [6.07, 6.45) is 2.37. The van der Waals surface area contributed by atoms with Crippen molar-refractivity contribution >= 4 is 15.8 Å². The lowest BCUT2D eigenvalue weighted by molar-refractivity contribution is -0.139. The van der Waals surface area contributed by atoms with Crippen molar-refractivity contribution in [1.82, 2.24) is 5.32 Å². The summed E-state index contributed by atoms with van der Waals surface area (Å²) in [6.45, 7) is 6.86. The minimum atomic E-state index is -3.32. The number of hydrogen-bond acceptors (Lipinski definition) is 5. The minimum absolute atomic E-state index is 0.0493. The van der Waals surface area contributed by atoms with Gasteiger partial charge in [-0.3, -0.25) is 4.79 Å². The molecule has 0 aliphatic carbocycles. The van der Waals surface area contributed by atoms with Gasteiger partial charge in [-0.1, -0.05) is 13.8 Å². The molecule has 1 atom stereocenters. The van der Waals surface area contributed by atoms with E-state index in [0.29, 0.717) is 12.5 Å². The third-order valence-corrected chi connectivity index (χ3v) is 4.22. The average Bonchev–Trinajstić information content (AvgIpc) is 2.27. The van der Waals surface area contributed by atoms with Crippen LogP contribution in [0.4, 0.5) is 0 Å². The minimum Gasteiger partial charge on any atom is -0.465 e. The van der Waals surface area contributed by atoms with E-state index >= 15 is 0 Å². The van der Waals surface area contributed by atoms with E-state index < -0.39 is 21.6 Å². The van der Waals surface area contributed by atoms with Crippen molar-refractivity contribution in [3.63, 3.8) is 0 Å². The summed E-state index contributed by atoms with van der Waals surface area (Å²) in [4.78, 5) is 11.1. The van der Waals surface area contributed by atoms with Crippen LogP contribution in [0.15, 0.2) is 0 Å². The van der Waals surface area contributed by atoms with Crippen molar-refractivity contribution in [2.24, 2.45) is 0 Å². The lowest BCUT2D eigenvalue weighted by Crippen LogP contribution is -2.29. The largest absolute Gasteiger partial charge is 0.465 e. The third-order valence-electron chi connectivity index (χ3n) is 2.64. The summed E-state index contributed by atoms with van der Waals surface area (Å²) < 4.78 is 27.9. The molecule has 1 N–H and O–H groups in total. The Morgan fingerprint density at radius 3 is 2.44 bits per heavy atom. The second-order valence-corrected chi connectivity index (χ2v) is 6.39. The van der Waals surface area contributed by atoms with E-state index in [1.807, 2.05) is 6.92 Å². The van der Waals surface area contributed by atoms with Gasteiger partial charge in [0.1, 0.15) is 5.75 Å². The number of hydrogen-bond donors (Lipinski definition) is 1. The molecule has 0 fully saturated rings. The molecule has 5 nitrogen and oxygen atoms in total. The Labute approximate surface area is 110 Å². The zero-order valence-electron chi connectivity index (χ0n) is 11.6. The lowest BCUT2D eigenvalue weighted by atomic mass is 10.1. The Morgan fingerprint density at radius 1 is 1.28 bits per heavy atom. The van der Waals surface area contributed by atoms with Crippen LogP contribution in [0.5, 0.6) is 0 Å². The Kier molecular flexibility index (Phi) is 9.01. The SMILES string of the molecule is CCNC(CC)CCCS(=O)(=O)CC(=O)OCC. The number of ether oxygens (including phenoxy) is 1. The van der Waals surface area contributed by atoms with Crippen LogP contribution in [-0.4, -0.2) is 45.1 Å². The molecule has 108 valence electrons. The molecule has 0 saturated heterocycles. The predicted octanol–water partition coefficient (Wildman–Crippen LogP) is 1.13. The van der Waals surface area contributed by atoms with Gasteiger partial charge >= 0.3 is 5.97 Å². The molecule has 0 aromatic carbocycles. The van der Waals surface area contributed by atoms with Crippen molar-refractivity contribution < 1.29 is 17.9 Å². The molecular weight excluding hydrogens is 254 g/mol. The lowest BCUT2D eigenvalue weighted by Gasteiger charge is -2.15. The molecule has 0 radical (unpaired) electrons. The Morgan fingerprint density at radius 2 is 1.94 bits per heavy atom. The second kappa shape index (κ2) is 9.33. The van der Waals surface area contributed by atoms with Crippen LogP contribution in [0.25, 0.3) is 0 Å². The van der Waals surface area contributed by atoms with Crippen LogP contribution in [0.3, 0.4) is 0 Å². The summed E-state index contributed by atoms with van der Waals surface area (Å²) in [7, 11) is -3.32. The van der Waals surface area contributed by atoms with Gasteiger partial charge in [0, 0.05) is 6.04 Å². The quantitative estimate of drug-likeness (QED) is 0.607. The van der Waals surface area contributed by atoms with Gasteiger partial charge in [-0.05, 0) is 32.7 Å². The van der Waals surface area contributed by atoms with Gasteiger partial charge in [0.15, 0.2) is 9.84 Å². The maximum Gasteiger partial charge on any atom is 0.321 e. The number of esters is 1.